The first-order valence-electron chi connectivity index (χ1n) is 9.42. The van der Waals surface area contributed by atoms with Crippen molar-refractivity contribution >= 4 is 28.5 Å². The summed E-state index contributed by atoms with van der Waals surface area (Å²) in [6, 6.07) is 8.19. The highest BCUT2D eigenvalue weighted by atomic mass is 19.4. The monoisotopic (exact) mass is 420 g/mol. The van der Waals surface area contributed by atoms with Crippen LogP contribution in [-0.4, -0.2) is 54.4 Å². The Morgan fingerprint density at radius 1 is 1.10 bits per heavy atom. The van der Waals surface area contributed by atoms with Crippen molar-refractivity contribution in [3.8, 4) is 5.88 Å². The summed E-state index contributed by atoms with van der Waals surface area (Å²) >= 11 is 0. The molecule has 1 aliphatic heterocycles. The van der Waals surface area contributed by atoms with Crippen LogP contribution in [0.5, 0.6) is 5.88 Å². The number of H-pyrrole nitrogens is 1. The zero-order valence-electron chi connectivity index (χ0n) is 16.2. The summed E-state index contributed by atoms with van der Waals surface area (Å²) in [6.45, 7) is 2.38. The maximum atomic E-state index is 14.1. The molecule has 0 spiro atoms. The van der Waals surface area contributed by atoms with Crippen LogP contribution >= 0.6 is 0 Å². The van der Waals surface area contributed by atoms with Gasteiger partial charge in [-0.1, -0.05) is 6.07 Å². The number of hydrogen-bond donors (Lipinski definition) is 2. The fourth-order valence-electron chi connectivity index (χ4n) is 3.63. The molecular formula is C21H20F4N4O. The Kier molecular flexibility index (Phi) is 5.15. The number of aromatic nitrogens is 1. The molecule has 3 aromatic rings. The Morgan fingerprint density at radius 3 is 2.53 bits per heavy atom. The van der Waals surface area contributed by atoms with Gasteiger partial charge in [-0.3, -0.25) is 4.99 Å². The first-order chi connectivity index (χ1) is 14.2. The topological polar surface area (TPSA) is 54.9 Å². The fourth-order valence-corrected chi connectivity index (χ4v) is 3.63. The van der Waals surface area contributed by atoms with Crippen molar-refractivity contribution in [1.82, 2.24) is 9.88 Å². The second-order valence-corrected chi connectivity index (χ2v) is 7.30. The summed E-state index contributed by atoms with van der Waals surface area (Å²) < 4.78 is 55.3. The van der Waals surface area contributed by atoms with Crippen LogP contribution in [0.1, 0.15) is 11.1 Å². The molecule has 0 atom stereocenters. The smallest absolute Gasteiger partial charge is 0.418 e. The summed E-state index contributed by atoms with van der Waals surface area (Å²) in [5.41, 5.74) is -0.132. The number of fused-ring (bicyclic) bond motifs is 1. The maximum absolute atomic E-state index is 14.1. The minimum absolute atomic E-state index is 0.0605. The predicted molar refractivity (Wildman–Crippen MR) is 108 cm³/mol. The molecule has 9 heteroatoms. The third kappa shape index (κ3) is 3.85. The Balaban J connectivity index is 1.70. The molecule has 0 radical (unpaired) electrons. The van der Waals surface area contributed by atoms with Crippen molar-refractivity contribution in [2.24, 2.45) is 4.99 Å². The van der Waals surface area contributed by atoms with Crippen LogP contribution in [0, 0.1) is 5.82 Å². The number of alkyl halides is 3. The molecule has 2 aromatic carbocycles. The number of nitrogens with zero attached hydrogens (tertiary/aromatic N) is 3. The van der Waals surface area contributed by atoms with Crippen LogP contribution in [0.3, 0.4) is 0 Å². The van der Waals surface area contributed by atoms with Gasteiger partial charge in [-0.25, -0.2) is 4.39 Å². The van der Waals surface area contributed by atoms with Gasteiger partial charge in [0.1, 0.15) is 5.82 Å². The van der Waals surface area contributed by atoms with E-state index in [1.165, 1.54) is 30.5 Å². The number of hydrogen-bond acceptors (Lipinski definition) is 4. The second kappa shape index (κ2) is 7.64. The molecule has 158 valence electrons. The summed E-state index contributed by atoms with van der Waals surface area (Å²) in [6.07, 6.45) is -3.37. The highest BCUT2D eigenvalue weighted by Crippen LogP contribution is 2.39. The fraction of sp³-hybridized carbons (Fsp3) is 0.286. The number of anilines is 1. The molecule has 1 aliphatic rings. The molecule has 0 bridgehead atoms. The molecule has 0 amide bonds. The van der Waals surface area contributed by atoms with Crippen molar-refractivity contribution < 1.29 is 22.7 Å². The standard InChI is InChI=1S/C21H20F4N4O/c1-28-7-9-29(10-8-28)18-6-5-13(11-15(18)21(23,24)25)26-12-14-19-16(22)3-2-4-17(19)27-20(14)30/h2-6,11-12,27,30H,7-10H2,1H3. The summed E-state index contributed by atoms with van der Waals surface area (Å²) in [7, 11) is 1.93. The number of benzene rings is 2. The van der Waals surface area contributed by atoms with Gasteiger partial charge in [-0.15, -0.1) is 0 Å². The quantitative estimate of drug-likeness (QED) is 0.484. The van der Waals surface area contributed by atoms with Crippen molar-refractivity contribution in [3.63, 3.8) is 0 Å². The molecule has 2 N–H and O–H groups in total. The van der Waals surface area contributed by atoms with E-state index >= 15 is 0 Å². The molecule has 0 aliphatic carbocycles. The lowest BCUT2D eigenvalue weighted by molar-refractivity contribution is -0.137. The molecule has 1 aromatic heterocycles. The molecule has 0 saturated carbocycles. The zero-order chi connectivity index (χ0) is 21.5. The van der Waals surface area contributed by atoms with Crippen molar-refractivity contribution in [2.75, 3.05) is 38.1 Å². The van der Waals surface area contributed by atoms with Gasteiger partial charge in [-0.05, 0) is 37.4 Å². The lowest BCUT2D eigenvalue weighted by Gasteiger charge is -2.35. The number of aromatic amines is 1. The Hall–Kier alpha value is -3.07. The van der Waals surface area contributed by atoms with E-state index in [9.17, 15) is 22.7 Å². The van der Waals surface area contributed by atoms with E-state index in [1.54, 1.807) is 11.0 Å². The van der Waals surface area contributed by atoms with Crippen LogP contribution in [0.25, 0.3) is 10.9 Å². The second-order valence-electron chi connectivity index (χ2n) is 7.30. The van der Waals surface area contributed by atoms with Gasteiger partial charge in [-0.2, -0.15) is 13.2 Å². The van der Waals surface area contributed by atoms with Gasteiger partial charge in [0, 0.05) is 43.5 Å². The van der Waals surface area contributed by atoms with Gasteiger partial charge < -0.3 is 19.9 Å². The van der Waals surface area contributed by atoms with Crippen molar-refractivity contribution in [3.05, 3.63) is 53.3 Å². The lowest BCUT2D eigenvalue weighted by Crippen LogP contribution is -2.45. The average molecular weight is 420 g/mol. The number of aliphatic imine (C=N–C) groups is 1. The SMILES string of the molecule is CN1CCN(c2ccc(N=Cc3c(O)[nH]c4cccc(F)c34)cc2C(F)(F)F)CC1. The molecular weight excluding hydrogens is 400 g/mol. The molecule has 5 nitrogen and oxygen atoms in total. The van der Waals surface area contributed by atoms with E-state index in [1.807, 2.05) is 7.05 Å². The van der Waals surface area contributed by atoms with Crippen LogP contribution in [0.15, 0.2) is 41.4 Å². The normalized spacial score (nSPS) is 16.1. The molecule has 1 fully saturated rings. The first kappa shape index (κ1) is 20.2. The minimum Gasteiger partial charge on any atom is -0.494 e. The predicted octanol–water partition coefficient (Wildman–Crippen LogP) is 4.53. The number of likely N-dealkylation sites (N-methyl/N-ethyl adjacent to an activating group) is 1. The van der Waals surface area contributed by atoms with E-state index in [4.69, 9.17) is 0 Å². The number of piperazine rings is 1. The van der Waals surface area contributed by atoms with Crippen LogP contribution in [0.4, 0.5) is 28.9 Å². The van der Waals surface area contributed by atoms with Crippen LogP contribution < -0.4 is 4.90 Å². The number of nitrogens with one attached hydrogen (secondary N) is 1. The third-order valence-electron chi connectivity index (χ3n) is 5.26. The first-order valence-corrected chi connectivity index (χ1v) is 9.42. The number of aromatic hydroxyl groups is 1. The van der Waals surface area contributed by atoms with Crippen molar-refractivity contribution in [2.45, 2.75) is 6.18 Å². The Bertz CT molecular complexity index is 1100. The Morgan fingerprint density at radius 2 is 1.83 bits per heavy atom. The number of rotatable bonds is 3. The molecule has 4 rings (SSSR count). The van der Waals surface area contributed by atoms with Crippen LogP contribution in [-0.2, 0) is 6.18 Å². The van der Waals surface area contributed by atoms with E-state index < -0.39 is 17.6 Å². The molecule has 30 heavy (non-hydrogen) atoms. The Labute approximate surface area is 170 Å². The molecule has 0 unspecified atom stereocenters. The van der Waals surface area contributed by atoms with Gasteiger partial charge in [0.2, 0.25) is 0 Å². The van der Waals surface area contributed by atoms with E-state index in [0.717, 1.165) is 6.07 Å². The number of halogens is 4. The summed E-state index contributed by atoms with van der Waals surface area (Å²) in [5.74, 6) is -0.865. The highest BCUT2D eigenvalue weighted by molar-refractivity contribution is 6.02. The van der Waals surface area contributed by atoms with Gasteiger partial charge in [0.15, 0.2) is 5.88 Å². The van der Waals surface area contributed by atoms with E-state index in [-0.39, 0.29) is 28.2 Å². The zero-order valence-corrected chi connectivity index (χ0v) is 16.2. The van der Waals surface area contributed by atoms with E-state index in [0.29, 0.717) is 31.7 Å². The highest BCUT2D eigenvalue weighted by Gasteiger charge is 2.35. The van der Waals surface area contributed by atoms with Crippen molar-refractivity contribution in [1.29, 1.82) is 0 Å². The van der Waals surface area contributed by atoms with Gasteiger partial charge >= 0.3 is 6.18 Å². The summed E-state index contributed by atoms with van der Waals surface area (Å²) in [5, 5.41) is 10.2. The summed E-state index contributed by atoms with van der Waals surface area (Å²) in [4.78, 5) is 10.5. The molecule has 2 heterocycles. The molecule has 1 saturated heterocycles. The average Bonchev–Trinajstić information content (AvgIpc) is 3.02. The minimum atomic E-state index is -4.54. The van der Waals surface area contributed by atoms with Gasteiger partial charge in [0.25, 0.3) is 0 Å². The van der Waals surface area contributed by atoms with Crippen LogP contribution in [0.2, 0.25) is 0 Å². The third-order valence-corrected chi connectivity index (χ3v) is 5.26. The lowest BCUT2D eigenvalue weighted by atomic mass is 10.1. The largest absolute Gasteiger partial charge is 0.494 e. The maximum Gasteiger partial charge on any atom is 0.418 e. The van der Waals surface area contributed by atoms with Gasteiger partial charge in [0.05, 0.1) is 22.3 Å². The van der Waals surface area contributed by atoms with E-state index in [2.05, 4.69) is 14.9 Å².